The van der Waals surface area contributed by atoms with Crippen molar-refractivity contribution in [2.45, 2.75) is 38.4 Å². The van der Waals surface area contributed by atoms with E-state index in [1.54, 1.807) is 0 Å². The predicted molar refractivity (Wildman–Crippen MR) is 76.8 cm³/mol. The summed E-state index contributed by atoms with van der Waals surface area (Å²) >= 11 is 6.31. The zero-order valence-corrected chi connectivity index (χ0v) is 12.1. The van der Waals surface area contributed by atoms with Crippen molar-refractivity contribution < 1.29 is 0 Å². The van der Waals surface area contributed by atoms with Gasteiger partial charge in [0.2, 0.25) is 0 Å². The molecule has 0 unspecified atom stereocenters. The average Bonchev–Trinajstić information content (AvgIpc) is 2.17. The van der Waals surface area contributed by atoms with Crippen LogP contribution in [-0.2, 0) is 12.8 Å². The molecule has 0 aliphatic rings. The summed E-state index contributed by atoms with van der Waals surface area (Å²) in [6.07, 6.45) is 5.27. The third kappa shape index (κ3) is 5.52. The van der Waals surface area contributed by atoms with Crippen LogP contribution >= 0.6 is 11.1 Å². The molecule has 0 saturated heterocycles. The van der Waals surface area contributed by atoms with Gasteiger partial charge in [-0.15, -0.1) is 6.58 Å². The first-order valence-electron chi connectivity index (χ1n) is 5.89. The second kappa shape index (κ2) is 6.26. The number of rotatable bonds is 6. The maximum Gasteiger partial charge on any atom is 0.150 e. The molecule has 0 heterocycles. The zero-order chi connectivity index (χ0) is 12.0. The summed E-state index contributed by atoms with van der Waals surface area (Å²) in [5.41, 5.74) is 2.78. The highest BCUT2D eigenvalue weighted by atomic mass is 35.6. The van der Waals surface area contributed by atoms with Gasteiger partial charge in [-0.05, 0) is 30.0 Å². The lowest BCUT2D eigenvalue weighted by atomic mass is 10.1. The molecule has 0 atom stereocenters. The molecule has 1 aromatic carbocycles. The van der Waals surface area contributed by atoms with Crippen molar-refractivity contribution in [3.63, 3.8) is 0 Å². The molecule has 2 heteroatoms. The molecule has 0 aromatic heterocycles. The summed E-state index contributed by atoms with van der Waals surface area (Å²) < 4.78 is 0. The van der Waals surface area contributed by atoms with E-state index in [0.717, 1.165) is 12.8 Å². The van der Waals surface area contributed by atoms with Crippen LogP contribution < -0.4 is 0 Å². The first-order valence-corrected chi connectivity index (χ1v) is 10.1. The smallest absolute Gasteiger partial charge is 0.150 e. The van der Waals surface area contributed by atoms with Crippen LogP contribution in [0.3, 0.4) is 0 Å². The molecule has 0 bridgehead atoms. The Morgan fingerprint density at radius 3 is 2.62 bits per heavy atom. The zero-order valence-electron chi connectivity index (χ0n) is 10.3. The van der Waals surface area contributed by atoms with E-state index in [-0.39, 0.29) is 0 Å². The second-order valence-corrected chi connectivity index (χ2v) is 11.9. The van der Waals surface area contributed by atoms with E-state index in [0.29, 0.717) is 0 Å². The van der Waals surface area contributed by atoms with Crippen molar-refractivity contribution in [1.29, 1.82) is 0 Å². The lowest BCUT2D eigenvalue weighted by molar-refractivity contribution is 0.904. The molecule has 0 saturated carbocycles. The number of benzene rings is 1. The van der Waals surface area contributed by atoms with Gasteiger partial charge in [-0.3, -0.25) is 0 Å². The van der Waals surface area contributed by atoms with Gasteiger partial charge in [0.1, 0.15) is 0 Å². The minimum Gasteiger partial charge on any atom is -0.168 e. The van der Waals surface area contributed by atoms with Crippen LogP contribution in [0.25, 0.3) is 0 Å². The lowest BCUT2D eigenvalue weighted by Crippen LogP contribution is -2.15. The van der Waals surface area contributed by atoms with Gasteiger partial charge in [0.15, 0.2) is 7.38 Å². The highest BCUT2D eigenvalue weighted by Gasteiger charge is 2.15. The summed E-state index contributed by atoms with van der Waals surface area (Å²) in [6.45, 7) is 8.19. The molecule has 16 heavy (non-hydrogen) atoms. The average molecular weight is 253 g/mol. The summed E-state index contributed by atoms with van der Waals surface area (Å²) in [6, 6.07) is 9.98. The quantitative estimate of drug-likeness (QED) is 0.388. The number of hydrogen-bond acceptors (Lipinski definition) is 0. The van der Waals surface area contributed by atoms with E-state index in [1.165, 1.54) is 23.6 Å². The molecular formula is C14H21ClSi. The Morgan fingerprint density at radius 1 is 1.31 bits per heavy atom. The molecule has 1 aromatic rings. The fourth-order valence-corrected chi connectivity index (χ4v) is 3.21. The van der Waals surface area contributed by atoms with Gasteiger partial charge in [-0.25, -0.2) is 0 Å². The molecule has 0 radical (unpaired) electrons. The highest BCUT2D eigenvalue weighted by Crippen LogP contribution is 2.18. The standard InChI is InChI=1S/C14H21ClSi/c1-4-7-13-8-5-9-14(12-13)10-6-11-16(2,3)15/h4-5,8-9,12H,1,6-7,10-11H2,2-3H3. The first kappa shape index (κ1) is 13.5. The number of hydrogen-bond donors (Lipinski definition) is 0. The van der Waals surface area contributed by atoms with Crippen molar-refractivity contribution >= 4 is 18.5 Å². The van der Waals surface area contributed by atoms with Crippen LogP contribution in [0.4, 0.5) is 0 Å². The number of allylic oxidation sites excluding steroid dienone is 1. The third-order valence-electron chi connectivity index (χ3n) is 2.61. The third-order valence-corrected chi connectivity index (χ3v) is 4.72. The Bertz CT molecular complexity index is 339. The molecule has 0 fully saturated rings. The first-order chi connectivity index (χ1) is 7.51. The normalized spacial score (nSPS) is 11.4. The summed E-state index contributed by atoms with van der Waals surface area (Å²) in [7, 11) is -1.38. The van der Waals surface area contributed by atoms with Crippen LogP contribution in [0, 0.1) is 0 Å². The monoisotopic (exact) mass is 252 g/mol. The fourth-order valence-electron chi connectivity index (χ4n) is 1.79. The Morgan fingerprint density at radius 2 is 2.00 bits per heavy atom. The van der Waals surface area contributed by atoms with Crippen molar-refractivity contribution in [3.05, 3.63) is 48.0 Å². The predicted octanol–water partition coefficient (Wildman–Crippen LogP) is 4.79. The fraction of sp³-hybridized carbons (Fsp3) is 0.429. The van der Waals surface area contributed by atoms with Crippen molar-refractivity contribution in [2.24, 2.45) is 0 Å². The van der Waals surface area contributed by atoms with E-state index < -0.39 is 7.38 Å². The van der Waals surface area contributed by atoms with Gasteiger partial charge in [0.05, 0.1) is 0 Å². The summed E-state index contributed by atoms with van der Waals surface area (Å²) in [5.74, 6) is 0. The molecule has 0 aliphatic carbocycles. The molecular weight excluding hydrogens is 232 g/mol. The lowest BCUT2D eigenvalue weighted by Gasteiger charge is -2.12. The van der Waals surface area contributed by atoms with Crippen molar-refractivity contribution in [1.82, 2.24) is 0 Å². The second-order valence-electron chi connectivity index (χ2n) is 4.89. The summed E-state index contributed by atoms with van der Waals surface area (Å²) in [5, 5.41) is 0. The van der Waals surface area contributed by atoms with Gasteiger partial charge < -0.3 is 0 Å². The minimum absolute atomic E-state index is 0.962. The van der Waals surface area contributed by atoms with Gasteiger partial charge in [-0.1, -0.05) is 49.9 Å². The molecule has 0 spiro atoms. The van der Waals surface area contributed by atoms with Crippen LogP contribution in [0.1, 0.15) is 17.5 Å². The van der Waals surface area contributed by atoms with Crippen LogP contribution in [0.2, 0.25) is 19.1 Å². The van der Waals surface area contributed by atoms with E-state index in [2.05, 4.69) is 43.9 Å². The molecule has 0 N–H and O–H groups in total. The highest BCUT2D eigenvalue weighted by molar-refractivity contribution is 7.19. The van der Waals surface area contributed by atoms with Gasteiger partial charge in [-0.2, -0.15) is 11.1 Å². The van der Waals surface area contributed by atoms with Crippen molar-refractivity contribution in [2.75, 3.05) is 0 Å². The Hall–Kier alpha value is -0.533. The Labute approximate surface area is 105 Å². The van der Waals surface area contributed by atoms with Crippen LogP contribution in [0.5, 0.6) is 0 Å². The van der Waals surface area contributed by atoms with Gasteiger partial charge in [0.25, 0.3) is 0 Å². The van der Waals surface area contributed by atoms with Crippen LogP contribution in [0.15, 0.2) is 36.9 Å². The molecule has 0 nitrogen and oxygen atoms in total. The molecule has 0 aliphatic heterocycles. The maximum atomic E-state index is 6.31. The van der Waals surface area contributed by atoms with E-state index in [4.69, 9.17) is 11.1 Å². The molecule has 1 rings (SSSR count). The largest absolute Gasteiger partial charge is 0.168 e. The Balaban J connectivity index is 2.47. The minimum atomic E-state index is -1.38. The topological polar surface area (TPSA) is 0 Å². The van der Waals surface area contributed by atoms with Gasteiger partial charge >= 0.3 is 0 Å². The van der Waals surface area contributed by atoms with E-state index >= 15 is 0 Å². The van der Waals surface area contributed by atoms with E-state index in [1.807, 2.05) is 6.08 Å². The Kier molecular flexibility index (Phi) is 5.30. The van der Waals surface area contributed by atoms with Crippen molar-refractivity contribution in [3.8, 4) is 0 Å². The summed E-state index contributed by atoms with van der Waals surface area (Å²) in [4.78, 5) is 0. The van der Waals surface area contributed by atoms with E-state index in [9.17, 15) is 0 Å². The molecule has 88 valence electrons. The maximum absolute atomic E-state index is 6.31. The molecule has 0 amide bonds. The number of halogens is 1. The van der Waals surface area contributed by atoms with Crippen LogP contribution in [-0.4, -0.2) is 7.38 Å². The SMILES string of the molecule is C=CCc1cccc(CCC[Si](C)(C)Cl)c1. The number of aryl methyl sites for hydroxylation is 1. The van der Waals surface area contributed by atoms with Gasteiger partial charge in [0, 0.05) is 0 Å².